The topological polar surface area (TPSA) is 105 Å². The van der Waals surface area contributed by atoms with Crippen molar-refractivity contribution in [3.8, 4) is 11.5 Å². The lowest BCUT2D eigenvalue weighted by molar-refractivity contribution is -0.144. The number of benzene rings is 1. The van der Waals surface area contributed by atoms with E-state index in [1.807, 2.05) is 6.92 Å². The highest BCUT2D eigenvalue weighted by Gasteiger charge is 2.52. The second-order valence-electron chi connectivity index (χ2n) is 8.58. The molecule has 3 fully saturated rings. The van der Waals surface area contributed by atoms with Crippen LogP contribution in [0, 0.1) is 17.8 Å². The van der Waals surface area contributed by atoms with E-state index < -0.39 is 30.3 Å². The van der Waals surface area contributed by atoms with Crippen LogP contribution in [0.25, 0.3) is 0 Å². The Balaban J connectivity index is 1.44. The fourth-order valence-corrected chi connectivity index (χ4v) is 5.32. The van der Waals surface area contributed by atoms with Gasteiger partial charge in [-0.3, -0.25) is 19.3 Å². The Bertz CT molecular complexity index is 910. The van der Waals surface area contributed by atoms with Crippen LogP contribution in [0.4, 0.5) is 10.5 Å². The normalized spacial score (nSPS) is 25.9. The van der Waals surface area contributed by atoms with Gasteiger partial charge in [-0.2, -0.15) is 0 Å². The molecule has 9 heteroatoms. The Hall–Kier alpha value is -3.10. The van der Waals surface area contributed by atoms with E-state index in [9.17, 15) is 19.2 Å². The molecule has 0 unspecified atom stereocenters. The fourth-order valence-electron chi connectivity index (χ4n) is 5.32. The van der Waals surface area contributed by atoms with E-state index in [1.165, 1.54) is 20.6 Å². The number of nitrogens with one attached hydrogen (secondary N) is 1. The Labute approximate surface area is 180 Å². The van der Waals surface area contributed by atoms with E-state index in [0.29, 0.717) is 29.0 Å². The molecule has 1 saturated heterocycles. The number of amides is 5. The van der Waals surface area contributed by atoms with Crippen LogP contribution in [-0.2, 0) is 14.4 Å². The van der Waals surface area contributed by atoms with E-state index in [0.717, 1.165) is 29.1 Å². The largest absolute Gasteiger partial charge is 0.497 e. The number of rotatable bonds is 7. The van der Waals surface area contributed by atoms with E-state index in [1.54, 1.807) is 18.2 Å². The number of urea groups is 1. The molecule has 5 amide bonds. The summed E-state index contributed by atoms with van der Waals surface area (Å²) in [5.74, 6) is -0.0852. The van der Waals surface area contributed by atoms with Crippen molar-refractivity contribution in [2.24, 2.45) is 17.8 Å². The minimum Gasteiger partial charge on any atom is -0.497 e. The fraction of sp³-hybridized carbons (Fsp3) is 0.545. The van der Waals surface area contributed by atoms with Crippen LogP contribution < -0.4 is 14.8 Å². The molecule has 2 bridgehead atoms. The first-order valence-corrected chi connectivity index (χ1v) is 10.5. The zero-order valence-electron chi connectivity index (χ0n) is 17.9. The molecule has 9 nitrogen and oxygen atoms in total. The molecular weight excluding hydrogens is 402 g/mol. The van der Waals surface area contributed by atoms with Crippen LogP contribution in [0.5, 0.6) is 11.5 Å². The van der Waals surface area contributed by atoms with Crippen molar-refractivity contribution in [1.82, 2.24) is 9.80 Å². The quantitative estimate of drug-likeness (QED) is 0.527. The number of methoxy groups -OCH3 is 2. The maximum Gasteiger partial charge on any atom is 0.334 e. The molecule has 0 aromatic heterocycles. The van der Waals surface area contributed by atoms with Gasteiger partial charge in [0.05, 0.1) is 14.2 Å². The first-order chi connectivity index (χ1) is 14.8. The van der Waals surface area contributed by atoms with Gasteiger partial charge in [-0.1, -0.05) is 6.42 Å². The Morgan fingerprint density at radius 1 is 1.06 bits per heavy atom. The van der Waals surface area contributed by atoms with E-state index >= 15 is 0 Å². The number of anilines is 1. The second-order valence-corrected chi connectivity index (χ2v) is 8.58. The van der Waals surface area contributed by atoms with Crippen molar-refractivity contribution >= 4 is 29.4 Å². The molecule has 4 atom stereocenters. The number of nitrogens with zero attached hydrogens (tertiary/aromatic N) is 2. The summed E-state index contributed by atoms with van der Waals surface area (Å²) in [6, 6.07) is 3.75. The van der Waals surface area contributed by atoms with E-state index in [-0.39, 0.29) is 12.0 Å². The molecule has 0 spiro atoms. The summed E-state index contributed by atoms with van der Waals surface area (Å²) >= 11 is 0. The second kappa shape index (κ2) is 8.20. The summed E-state index contributed by atoms with van der Waals surface area (Å²) in [5.41, 5.74) is 0.388. The molecule has 166 valence electrons. The molecule has 1 aromatic carbocycles. The molecule has 31 heavy (non-hydrogen) atoms. The first-order valence-electron chi connectivity index (χ1n) is 10.5. The molecular formula is C22H27N3O6. The highest BCUT2D eigenvalue weighted by Crippen LogP contribution is 2.50. The van der Waals surface area contributed by atoms with Crippen LogP contribution in [0.1, 0.15) is 32.6 Å². The van der Waals surface area contributed by atoms with Gasteiger partial charge in [-0.25, -0.2) is 9.69 Å². The minimum absolute atomic E-state index is 0.220. The Morgan fingerprint density at radius 2 is 1.74 bits per heavy atom. The zero-order chi connectivity index (χ0) is 22.3. The molecule has 3 aliphatic rings. The van der Waals surface area contributed by atoms with Crippen molar-refractivity contribution < 1.29 is 28.7 Å². The van der Waals surface area contributed by atoms with Gasteiger partial charge in [-0.15, -0.1) is 0 Å². The van der Waals surface area contributed by atoms with Crippen LogP contribution in [0.3, 0.4) is 0 Å². The van der Waals surface area contributed by atoms with E-state index in [4.69, 9.17) is 9.47 Å². The third kappa shape index (κ3) is 3.84. The first kappa shape index (κ1) is 21.1. The van der Waals surface area contributed by atoms with Gasteiger partial charge in [0.15, 0.2) is 0 Å². The van der Waals surface area contributed by atoms with Crippen LogP contribution in [0.15, 0.2) is 18.2 Å². The van der Waals surface area contributed by atoms with Gasteiger partial charge >= 0.3 is 17.8 Å². The van der Waals surface area contributed by atoms with Gasteiger partial charge in [0.25, 0.3) is 0 Å². The number of hydrogen-bond donors (Lipinski definition) is 1. The average Bonchev–Trinajstić information content (AvgIpc) is 3.44. The van der Waals surface area contributed by atoms with Gasteiger partial charge in [0.1, 0.15) is 18.0 Å². The highest BCUT2D eigenvalue weighted by atomic mass is 16.5. The number of ether oxygens (including phenoxy) is 2. The predicted octanol–water partition coefficient (Wildman–Crippen LogP) is 2.26. The monoisotopic (exact) mass is 429 g/mol. The third-order valence-corrected chi connectivity index (χ3v) is 6.84. The van der Waals surface area contributed by atoms with Gasteiger partial charge in [0.2, 0.25) is 5.91 Å². The molecule has 4 rings (SSSR count). The number of carbonyl (C=O) groups is 4. The molecule has 2 aliphatic carbocycles. The van der Waals surface area contributed by atoms with Crippen LogP contribution >= 0.6 is 0 Å². The lowest BCUT2D eigenvalue weighted by atomic mass is 9.83. The summed E-state index contributed by atoms with van der Waals surface area (Å²) in [5, 5.41) is 2.62. The Kier molecular flexibility index (Phi) is 5.60. The van der Waals surface area contributed by atoms with Gasteiger partial charge in [0, 0.05) is 29.9 Å². The zero-order valence-corrected chi connectivity index (χ0v) is 17.9. The summed E-state index contributed by atoms with van der Waals surface area (Å²) in [4.78, 5) is 52.3. The highest BCUT2D eigenvalue weighted by molar-refractivity contribution is 6.45. The van der Waals surface area contributed by atoms with Gasteiger partial charge < -0.3 is 14.8 Å². The average molecular weight is 429 g/mol. The summed E-state index contributed by atoms with van der Waals surface area (Å²) < 4.78 is 10.3. The lowest BCUT2D eigenvalue weighted by Crippen LogP contribution is -2.45. The minimum atomic E-state index is -0.960. The molecule has 2 saturated carbocycles. The Morgan fingerprint density at radius 3 is 2.29 bits per heavy atom. The van der Waals surface area contributed by atoms with Crippen molar-refractivity contribution in [1.29, 1.82) is 0 Å². The smallest absolute Gasteiger partial charge is 0.334 e. The van der Waals surface area contributed by atoms with Crippen molar-refractivity contribution in [2.45, 2.75) is 38.6 Å². The SMILES string of the molecule is COc1cc(NC(=O)CN2C(=O)C(=O)N([C@H](C)[C@@H]3C[C@H]4CC[C@H]3C4)C2=O)cc(OC)c1. The molecule has 1 N–H and O–H groups in total. The van der Waals surface area contributed by atoms with Crippen LogP contribution in [0.2, 0.25) is 0 Å². The van der Waals surface area contributed by atoms with Crippen molar-refractivity contribution in [3.05, 3.63) is 18.2 Å². The predicted molar refractivity (Wildman–Crippen MR) is 111 cm³/mol. The summed E-state index contributed by atoms with van der Waals surface area (Å²) in [6.45, 7) is 1.30. The van der Waals surface area contributed by atoms with Crippen molar-refractivity contribution in [2.75, 3.05) is 26.1 Å². The standard InChI is InChI=1S/C22H27N3O6/c1-12(18-7-13-4-5-14(18)6-13)25-21(28)20(27)24(22(25)29)11-19(26)23-15-8-16(30-2)10-17(9-15)31-3/h8-10,12-14,18H,4-7,11H2,1-3H3,(H,23,26)/t12-,13+,14+,18+/m1/s1. The molecule has 1 aromatic rings. The summed E-state index contributed by atoms with van der Waals surface area (Å²) in [7, 11) is 2.97. The number of imide groups is 2. The van der Waals surface area contributed by atoms with Crippen molar-refractivity contribution in [3.63, 3.8) is 0 Å². The number of hydrogen-bond acceptors (Lipinski definition) is 6. The van der Waals surface area contributed by atoms with E-state index in [2.05, 4.69) is 5.32 Å². The lowest BCUT2D eigenvalue weighted by Gasteiger charge is -2.32. The van der Waals surface area contributed by atoms with Gasteiger partial charge in [-0.05, 0) is 43.9 Å². The third-order valence-electron chi connectivity index (χ3n) is 6.84. The van der Waals surface area contributed by atoms with Crippen LogP contribution in [-0.4, -0.2) is 60.4 Å². The number of carbonyl (C=O) groups excluding carboxylic acids is 4. The maximum absolute atomic E-state index is 12.9. The molecule has 0 radical (unpaired) electrons. The molecule has 1 aliphatic heterocycles. The molecule has 1 heterocycles. The maximum atomic E-state index is 12.9. The summed E-state index contributed by atoms with van der Waals surface area (Å²) in [6.07, 6.45) is 4.43. The number of fused-ring (bicyclic) bond motifs is 2.